The topological polar surface area (TPSA) is 35.5 Å². The third-order valence-corrected chi connectivity index (χ3v) is 3.45. The Labute approximate surface area is 97.8 Å². The Balaban J connectivity index is 3.63. The first kappa shape index (κ1) is 15.4. The molecule has 0 aliphatic rings. The first-order valence-electron chi connectivity index (χ1n) is 5.42. The van der Waals surface area contributed by atoms with Crippen LogP contribution in [-0.4, -0.2) is 13.2 Å². The highest BCUT2D eigenvalue weighted by Gasteiger charge is 2.20. The summed E-state index contributed by atoms with van der Waals surface area (Å²) in [6.07, 6.45) is 1.68. The maximum atomic E-state index is 11.5. The molecule has 0 bridgehead atoms. The first-order chi connectivity index (χ1) is 6.83. The molecule has 0 unspecified atom stereocenters. The summed E-state index contributed by atoms with van der Waals surface area (Å²) < 4.78 is 21.5. The van der Waals surface area contributed by atoms with Crippen LogP contribution in [0.3, 0.4) is 0 Å². The van der Waals surface area contributed by atoms with E-state index in [0.29, 0.717) is 25.0 Å². The van der Waals surface area contributed by atoms with Gasteiger partial charge in [0, 0.05) is 11.2 Å². The molecule has 15 heavy (non-hydrogen) atoms. The number of rotatable bonds is 8. The highest BCUT2D eigenvalue weighted by molar-refractivity contribution is 7.81. The molecule has 0 aliphatic heterocycles. The van der Waals surface area contributed by atoms with E-state index in [9.17, 15) is 4.57 Å². The molecule has 0 fully saturated rings. The number of halogens is 1. The second-order valence-corrected chi connectivity index (χ2v) is 7.08. The summed E-state index contributed by atoms with van der Waals surface area (Å²) in [7, 11) is 0. The third-order valence-electron chi connectivity index (χ3n) is 1.88. The quantitative estimate of drug-likeness (QED) is 0.602. The van der Waals surface area contributed by atoms with Crippen molar-refractivity contribution >= 4 is 18.2 Å². The van der Waals surface area contributed by atoms with Gasteiger partial charge in [0.1, 0.15) is 0 Å². The van der Waals surface area contributed by atoms with Crippen molar-refractivity contribution < 1.29 is 13.6 Å². The van der Waals surface area contributed by atoms with Gasteiger partial charge < -0.3 is 0 Å². The minimum absolute atomic E-state index is 0.389. The molecule has 0 aromatic carbocycles. The van der Waals surface area contributed by atoms with Crippen LogP contribution in [0.4, 0.5) is 0 Å². The average molecular weight is 257 g/mol. The van der Waals surface area contributed by atoms with E-state index in [1.54, 1.807) is 0 Å². The Morgan fingerprint density at radius 1 is 1.00 bits per heavy atom. The van der Waals surface area contributed by atoms with Gasteiger partial charge in [0.2, 0.25) is 0 Å². The van der Waals surface area contributed by atoms with Crippen LogP contribution in [0.25, 0.3) is 0 Å². The molecule has 0 aromatic rings. The van der Waals surface area contributed by atoms with Gasteiger partial charge in [-0.2, -0.15) is 0 Å². The largest absolute Gasteiger partial charge is 0.424 e. The molecule has 0 aliphatic carbocycles. The molecule has 0 radical (unpaired) electrons. The van der Waals surface area contributed by atoms with Crippen molar-refractivity contribution in [2.45, 2.75) is 40.5 Å². The number of hydrogen-bond donors (Lipinski definition) is 0. The van der Waals surface area contributed by atoms with Crippen LogP contribution in [0, 0.1) is 11.8 Å². The molecule has 0 aromatic heterocycles. The predicted octanol–water partition coefficient (Wildman–Crippen LogP) is 4.46. The van der Waals surface area contributed by atoms with Crippen LogP contribution < -0.4 is 0 Å². The SMILES string of the molecule is CC(C)CCOP(=O)(Cl)OCCC(C)C. The highest BCUT2D eigenvalue weighted by atomic mass is 35.7. The molecule has 3 nitrogen and oxygen atoms in total. The van der Waals surface area contributed by atoms with E-state index < -0.39 is 6.95 Å². The van der Waals surface area contributed by atoms with Crippen LogP contribution in [0.1, 0.15) is 40.5 Å². The molecule has 0 spiro atoms. The maximum Gasteiger partial charge on any atom is 0.424 e. The lowest BCUT2D eigenvalue weighted by Crippen LogP contribution is -2.00. The summed E-state index contributed by atoms with van der Waals surface area (Å²) in [5, 5.41) is 0. The molecule has 0 saturated heterocycles. The Kier molecular flexibility index (Phi) is 7.90. The zero-order chi connectivity index (χ0) is 11.9. The summed E-state index contributed by atoms with van der Waals surface area (Å²) in [6.45, 7) is 5.73. The van der Waals surface area contributed by atoms with E-state index in [-0.39, 0.29) is 0 Å². The van der Waals surface area contributed by atoms with Gasteiger partial charge in [-0.25, -0.2) is 4.57 Å². The van der Waals surface area contributed by atoms with E-state index in [1.165, 1.54) is 0 Å². The second kappa shape index (κ2) is 7.67. The van der Waals surface area contributed by atoms with E-state index >= 15 is 0 Å². The van der Waals surface area contributed by atoms with E-state index in [2.05, 4.69) is 27.7 Å². The zero-order valence-corrected chi connectivity index (χ0v) is 11.7. The van der Waals surface area contributed by atoms with Gasteiger partial charge in [-0.1, -0.05) is 27.7 Å². The van der Waals surface area contributed by atoms with E-state index in [4.69, 9.17) is 20.3 Å². The van der Waals surface area contributed by atoms with Crippen molar-refractivity contribution in [3.63, 3.8) is 0 Å². The van der Waals surface area contributed by atoms with Gasteiger partial charge >= 0.3 is 6.95 Å². The molecule has 0 saturated carbocycles. The molecule has 92 valence electrons. The standard InChI is InChI=1S/C10H22ClO3P/c1-9(2)5-7-13-15(11,12)14-8-6-10(3)4/h9-10H,5-8H2,1-4H3. The van der Waals surface area contributed by atoms with Crippen molar-refractivity contribution in [2.75, 3.05) is 13.2 Å². The smallest absolute Gasteiger partial charge is 0.297 e. The minimum atomic E-state index is -3.33. The van der Waals surface area contributed by atoms with Crippen molar-refractivity contribution in [1.29, 1.82) is 0 Å². The maximum absolute atomic E-state index is 11.5. The van der Waals surface area contributed by atoms with Gasteiger partial charge in [0.25, 0.3) is 0 Å². The summed E-state index contributed by atoms with van der Waals surface area (Å²) in [6, 6.07) is 0. The Hall–Kier alpha value is 0.440. The van der Waals surface area contributed by atoms with Crippen molar-refractivity contribution in [2.24, 2.45) is 11.8 Å². The molecule has 0 rings (SSSR count). The average Bonchev–Trinajstić information content (AvgIpc) is 2.01. The van der Waals surface area contributed by atoms with Crippen molar-refractivity contribution in [3.8, 4) is 0 Å². The fourth-order valence-corrected chi connectivity index (χ4v) is 1.97. The summed E-state index contributed by atoms with van der Waals surface area (Å²) in [5.41, 5.74) is 0. The molecule has 0 amide bonds. The van der Waals surface area contributed by atoms with Gasteiger partial charge in [0.05, 0.1) is 13.2 Å². The first-order valence-corrected chi connectivity index (χ1v) is 7.87. The summed E-state index contributed by atoms with van der Waals surface area (Å²) in [4.78, 5) is 0. The Morgan fingerprint density at radius 3 is 1.60 bits per heavy atom. The van der Waals surface area contributed by atoms with Crippen LogP contribution >= 0.6 is 18.2 Å². The minimum Gasteiger partial charge on any atom is -0.297 e. The fraction of sp³-hybridized carbons (Fsp3) is 1.00. The molecule has 0 atom stereocenters. The van der Waals surface area contributed by atoms with Gasteiger partial charge in [-0.05, 0) is 24.7 Å². The van der Waals surface area contributed by atoms with E-state index in [0.717, 1.165) is 12.8 Å². The Bertz CT molecular complexity index is 189. The highest BCUT2D eigenvalue weighted by Crippen LogP contribution is 2.53. The molecule has 5 heteroatoms. The van der Waals surface area contributed by atoms with Crippen LogP contribution in [0.2, 0.25) is 0 Å². The predicted molar refractivity (Wildman–Crippen MR) is 64.3 cm³/mol. The van der Waals surface area contributed by atoms with E-state index in [1.807, 2.05) is 0 Å². The lowest BCUT2D eigenvalue weighted by molar-refractivity contribution is 0.202. The van der Waals surface area contributed by atoms with Crippen LogP contribution in [0.5, 0.6) is 0 Å². The lowest BCUT2D eigenvalue weighted by Gasteiger charge is -2.13. The Morgan fingerprint density at radius 2 is 1.33 bits per heavy atom. The molecule has 0 heterocycles. The van der Waals surface area contributed by atoms with Gasteiger partial charge in [-0.15, -0.1) is 0 Å². The molecular formula is C10H22ClO3P. The zero-order valence-electron chi connectivity index (χ0n) is 10.0. The third kappa shape index (κ3) is 10.7. The second-order valence-electron chi connectivity index (χ2n) is 4.46. The number of hydrogen-bond acceptors (Lipinski definition) is 3. The molecular weight excluding hydrogens is 235 g/mol. The monoisotopic (exact) mass is 256 g/mol. The molecule has 0 N–H and O–H groups in total. The lowest BCUT2D eigenvalue weighted by atomic mass is 10.2. The van der Waals surface area contributed by atoms with Crippen LogP contribution in [-0.2, 0) is 13.6 Å². The summed E-state index contributed by atoms with van der Waals surface area (Å²) in [5.74, 6) is 1.02. The van der Waals surface area contributed by atoms with Crippen molar-refractivity contribution in [3.05, 3.63) is 0 Å². The van der Waals surface area contributed by atoms with Gasteiger partial charge in [-0.3, -0.25) is 9.05 Å². The van der Waals surface area contributed by atoms with Crippen LogP contribution in [0.15, 0.2) is 0 Å². The van der Waals surface area contributed by atoms with Crippen molar-refractivity contribution in [1.82, 2.24) is 0 Å². The summed E-state index contributed by atoms with van der Waals surface area (Å²) >= 11 is 5.61. The normalized spacial score (nSPS) is 12.7. The van der Waals surface area contributed by atoms with Gasteiger partial charge in [0.15, 0.2) is 0 Å². The fourth-order valence-electron chi connectivity index (χ4n) is 0.832.